The highest BCUT2D eigenvalue weighted by Gasteiger charge is 2.24. The Labute approximate surface area is 178 Å². The topological polar surface area (TPSA) is 70.3 Å². The fraction of sp³-hybridized carbons (Fsp3) is 0.130. The van der Waals surface area contributed by atoms with Gasteiger partial charge in [-0.1, -0.05) is 0 Å². The number of rotatable bonds is 6. The van der Waals surface area contributed by atoms with Crippen LogP contribution in [0.3, 0.4) is 0 Å². The number of carbonyl (C=O) groups is 1. The van der Waals surface area contributed by atoms with Crippen LogP contribution < -0.4 is 14.8 Å². The van der Waals surface area contributed by atoms with Crippen molar-refractivity contribution < 1.29 is 18.7 Å². The smallest absolute Gasteiger partial charge is 0.261 e. The number of aryl methyl sites for hydroxylation is 1. The molecular formula is C23H21FN4O3. The molecule has 7 nitrogen and oxygen atoms in total. The van der Waals surface area contributed by atoms with Crippen LogP contribution in [0.1, 0.15) is 16.1 Å². The maximum absolute atomic E-state index is 13.4. The number of benzene rings is 2. The van der Waals surface area contributed by atoms with E-state index in [2.05, 4.69) is 10.4 Å². The molecule has 0 atom stereocenters. The second-order valence-corrected chi connectivity index (χ2v) is 6.79. The van der Waals surface area contributed by atoms with Crippen LogP contribution in [0.25, 0.3) is 11.5 Å². The maximum Gasteiger partial charge on any atom is 0.261 e. The summed E-state index contributed by atoms with van der Waals surface area (Å²) >= 11 is 0. The number of carbonyl (C=O) groups excluding carboxylic acids is 1. The third kappa shape index (κ3) is 3.87. The lowest BCUT2D eigenvalue weighted by Crippen LogP contribution is -2.16. The van der Waals surface area contributed by atoms with E-state index in [0.717, 1.165) is 0 Å². The first-order chi connectivity index (χ1) is 15.0. The van der Waals surface area contributed by atoms with Crippen LogP contribution in [0.2, 0.25) is 0 Å². The first-order valence-electron chi connectivity index (χ1n) is 9.54. The van der Waals surface area contributed by atoms with Gasteiger partial charge < -0.3 is 19.4 Å². The minimum atomic E-state index is -0.346. The summed E-state index contributed by atoms with van der Waals surface area (Å²) in [5.74, 6) is 0.939. The Morgan fingerprint density at radius 1 is 1.00 bits per heavy atom. The van der Waals surface area contributed by atoms with E-state index in [1.807, 2.05) is 24.5 Å². The van der Waals surface area contributed by atoms with Gasteiger partial charge in [-0.15, -0.1) is 0 Å². The number of hydrogen-bond donors (Lipinski definition) is 1. The Morgan fingerprint density at radius 3 is 2.32 bits per heavy atom. The molecule has 0 aliphatic heterocycles. The van der Waals surface area contributed by atoms with Crippen LogP contribution in [0, 0.1) is 12.7 Å². The fourth-order valence-corrected chi connectivity index (χ4v) is 3.36. The molecule has 0 saturated carbocycles. The van der Waals surface area contributed by atoms with Crippen molar-refractivity contribution in [2.75, 3.05) is 19.5 Å². The van der Waals surface area contributed by atoms with Crippen molar-refractivity contribution >= 4 is 11.6 Å². The van der Waals surface area contributed by atoms with Gasteiger partial charge in [0.05, 0.1) is 25.6 Å². The van der Waals surface area contributed by atoms with Crippen LogP contribution in [0.15, 0.2) is 67.0 Å². The predicted octanol–water partition coefficient (Wildman–Crippen LogP) is 4.38. The first-order valence-corrected chi connectivity index (χ1v) is 9.54. The fourth-order valence-electron chi connectivity index (χ4n) is 3.36. The van der Waals surface area contributed by atoms with Gasteiger partial charge in [0.25, 0.3) is 5.91 Å². The second kappa shape index (κ2) is 8.35. The number of aromatic nitrogens is 3. The van der Waals surface area contributed by atoms with Crippen molar-refractivity contribution in [1.82, 2.24) is 14.3 Å². The normalized spacial score (nSPS) is 10.7. The highest BCUT2D eigenvalue weighted by Crippen LogP contribution is 2.31. The summed E-state index contributed by atoms with van der Waals surface area (Å²) in [7, 11) is 3.08. The Hall–Kier alpha value is -4.07. The van der Waals surface area contributed by atoms with Gasteiger partial charge in [0.15, 0.2) is 17.3 Å². The predicted molar refractivity (Wildman–Crippen MR) is 115 cm³/mol. The van der Waals surface area contributed by atoms with E-state index in [9.17, 15) is 9.18 Å². The van der Waals surface area contributed by atoms with Crippen molar-refractivity contribution in [3.8, 4) is 23.0 Å². The van der Waals surface area contributed by atoms with Crippen molar-refractivity contribution in [1.29, 1.82) is 0 Å². The zero-order valence-electron chi connectivity index (χ0n) is 17.3. The summed E-state index contributed by atoms with van der Waals surface area (Å²) in [5.41, 5.74) is 2.12. The van der Waals surface area contributed by atoms with Gasteiger partial charge in [0.2, 0.25) is 0 Å². The van der Waals surface area contributed by atoms with E-state index in [0.29, 0.717) is 39.9 Å². The molecule has 0 bridgehead atoms. The molecule has 1 amide bonds. The molecule has 0 saturated heterocycles. The van der Waals surface area contributed by atoms with E-state index in [-0.39, 0.29) is 11.7 Å². The van der Waals surface area contributed by atoms with Crippen molar-refractivity contribution in [3.05, 3.63) is 84.1 Å². The summed E-state index contributed by atoms with van der Waals surface area (Å²) in [5, 5.41) is 7.46. The molecule has 31 heavy (non-hydrogen) atoms. The van der Waals surface area contributed by atoms with Gasteiger partial charge in [-0.3, -0.25) is 4.79 Å². The largest absolute Gasteiger partial charge is 0.493 e. The molecule has 0 fully saturated rings. The molecular weight excluding hydrogens is 399 g/mol. The lowest BCUT2D eigenvalue weighted by atomic mass is 10.2. The number of hydrogen-bond acceptors (Lipinski definition) is 4. The van der Waals surface area contributed by atoms with Crippen LogP contribution in [-0.2, 0) is 0 Å². The number of anilines is 1. The van der Waals surface area contributed by atoms with E-state index < -0.39 is 0 Å². The van der Waals surface area contributed by atoms with Crippen molar-refractivity contribution in [3.63, 3.8) is 0 Å². The van der Waals surface area contributed by atoms with Gasteiger partial charge in [-0.25, -0.2) is 9.07 Å². The average Bonchev–Trinajstić information content (AvgIpc) is 3.41. The highest BCUT2D eigenvalue weighted by molar-refractivity contribution is 6.07. The third-order valence-corrected chi connectivity index (χ3v) is 4.82. The Kier molecular flexibility index (Phi) is 5.44. The van der Waals surface area contributed by atoms with Gasteiger partial charge in [-0.2, -0.15) is 5.10 Å². The second-order valence-electron chi connectivity index (χ2n) is 6.79. The monoisotopic (exact) mass is 420 g/mol. The summed E-state index contributed by atoms with van der Waals surface area (Å²) in [6.45, 7) is 1.76. The summed E-state index contributed by atoms with van der Waals surface area (Å²) in [6.07, 6.45) is 3.65. The van der Waals surface area contributed by atoms with Gasteiger partial charge >= 0.3 is 0 Å². The van der Waals surface area contributed by atoms with Gasteiger partial charge in [0, 0.05) is 24.1 Å². The lowest BCUT2D eigenvalue weighted by molar-refractivity contribution is 0.102. The average molecular weight is 420 g/mol. The quantitative estimate of drug-likeness (QED) is 0.503. The van der Waals surface area contributed by atoms with Crippen molar-refractivity contribution in [2.24, 2.45) is 0 Å². The molecule has 0 aliphatic carbocycles. The molecule has 0 spiro atoms. The highest BCUT2D eigenvalue weighted by atomic mass is 19.1. The zero-order valence-corrected chi connectivity index (χ0v) is 17.3. The minimum Gasteiger partial charge on any atom is -0.493 e. The summed E-state index contributed by atoms with van der Waals surface area (Å²) in [4.78, 5) is 13.3. The minimum absolute atomic E-state index is 0.332. The van der Waals surface area contributed by atoms with Crippen LogP contribution in [-0.4, -0.2) is 34.5 Å². The molecule has 2 heterocycles. The Bertz CT molecular complexity index is 1210. The molecule has 158 valence electrons. The van der Waals surface area contributed by atoms with Gasteiger partial charge in [0.1, 0.15) is 11.4 Å². The number of halogens is 1. The van der Waals surface area contributed by atoms with Crippen LogP contribution >= 0.6 is 0 Å². The number of methoxy groups -OCH3 is 2. The number of nitrogens with one attached hydrogen (secondary N) is 1. The van der Waals surface area contributed by atoms with Gasteiger partial charge in [-0.05, 0) is 55.5 Å². The Morgan fingerprint density at radius 2 is 1.68 bits per heavy atom. The third-order valence-electron chi connectivity index (χ3n) is 4.82. The van der Waals surface area contributed by atoms with Crippen LogP contribution in [0.4, 0.5) is 10.1 Å². The molecule has 8 heteroatoms. The standard InChI is InChI=1S/C23H21FN4O3/c1-15-21(22(29)25-17-8-11-19(30-2)20(14-17)31-3)23(27-12-4-5-13-27)28(26-15)18-9-6-16(24)7-10-18/h4-14H,1-3H3,(H,25,29). The van der Waals surface area contributed by atoms with Crippen molar-refractivity contribution in [2.45, 2.75) is 6.92 Å². The van der Waals surface area contributed by atoms with E-state index in [4.69, 9.17) is 9.47 Å². The number of amides is 1. The first kappa shape index (κ1) is 20.2. The molecule has 2 aromatic carbocycles. The molecule has 0 unspecified atom stereocenters. The molecule has 2 aromatic heterocycles. The molecule has 1 N–H and O–H groups in total. The Balaban J connectivity index is 1.77. The van der Waals surface area contributed by atoms with E-state index in [1.54, 1.807) is 53.6 Å². The zero-order chi connectivity index (χ0) is 22.0. The van der Waals surface area contributed by atoms with E-state index in [1.165, 1.54) is 19.2 Å². The lowest BCUT2D eigenvalue weighted by Gasteiger charge is -2.13. The molecule has 4 aromatic rings. The number of nitrogens with zero attached hydrogens (tertiary/aromatic N) is 3. The van der Waals surface area contributed by atoms with Crippen LogP contribution in [0.5, 0.6) is 11.5 Å². The summed E-state index contributed by atoms with van der Waals surface area (Å²) < 4.78 is 27.4. The molecule has 0 radical (unpaired) electrons. The molecule has 4 rings (SSSR count). The number of ether oxygens (including phenoxy) is 2. The SMILES string of the molecule is COc1ccc(NC(=O)c2c(C)nn(-c3ccc(F)cc3)c2-n2cccc2)cc1OC. The summed E-state index contributed by atoms with van der Waals surface area (Å²) in [6, 6.07) is 14.8. The van der Waals surface area contributed by atoms with E-state index >= 15 is 0 Å². The maximum atomic E-state index is 13.4. The molecule has 0 aliphatic rings.